The predicted molar refractivity (Wildman–Crippen MR) is 73.9 cm³/mol. The van der Waals surface area contributed by atoms with Crippen LogP contribution in [0.4, 0.5) is 0 Å². The van der Waals surface area contributed by atoms with Crippen molar-refractivity contribution in [2.75, 3.05) is 0 Å². The maximum Gasteiger partial charge on any atom is 0.102 e. The number of hydrogen-bond donors (Lipinski definition) is 1. The van der Waals surface area contributed by atoms with E-state index < -0.39 is 0 Å². The zero-order valence-electron chi connectivity index (χ0n) is 12.8. The molecule has 0 radical (unpaired) electrons. The molecular weight excluding hydrogens is 210 g/mol. The van der Waals surface area contributed by atoms with E-state index in [4.69, 9.17) is 4.74 Å². The van der Waals surface area contributed by atoms with E-state index in [0.717, 1.165) is 5.70 Å². The number of rotatable bonds is 0. The minimum absolute atomic E-state index is 0.114. The van der Waals surface area contributed by atoms with Gasteiger partial charge in [-0.15, -0.1) is 0 Å². The summed E-state index contributed by atoms with van der Waals surface area (Å²) in [6, 6.07) is 0.294. The molecule has 1 aliphatic rings. The minimum Gasteiger partial charge on any atom is -0.381 e. The van der Waals surface area contributed by atoms with Crippen LogP contribution >= 0.6 is 0 Å². The van der Waals surface area contributed by atoms with Gasteiger partial charge in [0.2, 0.25) is 0 Å². The van der Waals surface area contributed by atoms with Crippen LogP contribution in [0, 0.1) is 10.8 Å². The molecule has 2 heteroatoms. The van der Waals surface area contributed by atoms with Crippen molar-refractivity contribution in [3.05, 3.63) is 12.3 Å². The first-order valence-corrected chi connectivity index (χ1v) is 6.49. The zero-order valence-corrected chi connectivity index (χ0v) is 12.8. The molecule has 1 rings (SSSR count). The fourth-order valence-corrected chi connectivity index (χ4v) is 2.24. The number of hydrogen-bond acceptors (Lipinski definition) is 2. The molecular formula is C15H29NO. The van der Waals surface area contributed by atoms with Crippen LogP contribution in [-0.2, 0) is 4.74 Å². The van der Waals surface area contributed by atoms with Crippen LogP contribution in [0.1, 0.15) is 55.4 Å². The molecule has 0 bridgehead atoms. The Morgan fingerprint density at radius 1 is 1.06 bits per heavy atom. The third kappa shape index (κ3) is 3.04. The van der Waals surface area contributed by atoms with Crippen molar-refractivity contribution in [1.29, 1.82) is 0 Å². The second-order valence-corrected chi connectivity index (χ2v) is 7.88. The standard InChI is InChI=1S/C15H29NO/c1-10-15(8,9)17-12(14(5,6)7)11(16-10)13(2,3)4/h11-12,16H,1H2,2-9H3. The molecule has 0 aromatic heterocycles. The summed E-state index contributed by atoms with van der Waals surface area (Å²) in [5, 5.41) is 3.58. The minimum atomic E-state index is -0.292. The van der Waals surface area contributed by atoms with Crippen molar-refractivity contribution in [2.24, 2.45) is 10.8 Å². The fraction of sp³-hybridized carbons (Fsp3) is 0.867. The molecule has 0 aliphatic carbocycles. The topological polar surface area (TPSA) is 21.3 Å². The third-order valence-corrected chi connectivity index (χ3v) is 3.57. The van der Waals surface area contributed by atoms with Gasteiger partial charge in [-0.3, -0.25) is 0 Å². The summed E-state index contributed by atoms with van der Waals surface area (Å²) in [5.41, 5.74) is 0.956. The maximum atomic E-state index is 6.33. The van der Waals surface area contributed by atoms with Crippen molar-refractivity contribution in [2.45, 2.75) is 73.1 Å². The SMILES string of the molecule is C=C1NC(C(C)(C)C)C(C(C)(C)C)OC1(C)C. The predicted octanol–water partition coefficient (Wildman–Crippen LogP) is 3.73. The van der Waals surface area contributed by atoms with Gasteiger partial charge in [-0.2, -0.15) is 0 Å². The lowest BCUT2D eigenvalue weighted by Gasteiger charge is -2.52. The van der Waals surface area contributed by atoms with E-state index in [1.807, 2.05) is 0 Å². The highest BCUT2D eigenvalue weighted by Crippen LogP contribution is 2.40. The zero-order chi connectivity index (χ0) is 13.6. The summed E-state index contributed by atoms with van der Waals surface area (Å²) in [6.07, 6.45) is 0.183. The molecule has 0 aromatic rings. The highest BCUT2D eigenvalue weighted by Gasteiger charge is 2.47. The van der Waals surface area contributed by atoms with Gasteiger partial charge in [0, 0.05) is 5.70 Å². The highest BCUT2D eigenvalue weighted by atomic mass is 16.5. The van der Waals surface area contributed by atoms with Crippen LogP contribution in [0.2, 0.25) is 0 Å². The van der Waals surface area contributed by atoms with Gasteiger partial charge in [-0.25, -0.2) is 0 Å². The summed E-state index contributed by atoms with van der Waals surface area (Å²) in [5.74, 6) is 0. The van der Waals surface area contributed by atoms with Gasteiger partial charge in [0.1, 0.15) is 5.60 Å². The lowest BCUT2D eigenvalue weighted by atomic mass is 9.72. The molecule has 0 saturated carbocycles. The van der Waals surface area contributed by atoms with Gasteiger partial charge in [0.15, 0.2) is 0 Å². The van der Waals surface area contributed by atoms with Gasteiger partial charge in [0.25, 0.3) is 0 Å². The van der Waals surface area contributed by atoms with E-state index in [9.17, 15) is 0 Å². The smallest absolute Gasteiger partial charge is 0.102 e. The molecule has 1 heterocycles. The summed E-state index contributed by atoms with van der Waals surface area (Å²) >= 11 is 0. The molecule has 1 N–H and O–H groups in total. The Kier molecular flexibility index (Phi) is 3.44. The molecule has 17 heavy (non-hydrogen) atoms. The molecule has 1 aliphatic heterocycles. The normalized spacial score (nSPS) is 30.0. The number of nitrogens with one attached hydrogen (secondary N) is 1. The van der Waals surface area contributed by atoms with E-state index in [0.29, 0.717) is 6.04 Å². The number of morpholine rings is 1. The van der Waals surface area contributed by atoms with Gasteiger partial charge in [0.05, 0.1) is 12.1 Å². The average Bonchev–Trinajstić information content (AvgIpc) is 2.05. The first-order valence-electron chi connectivity index (χ1n) is 6.49. The Bertz CT molecular complexity index is 304. The van der Waals surface area contributed by atoms with Gasteiger partial charge in [-0.1, -0.05) is 48.1 Å². The van der Waals surface area contributed by atoms with Crippen molar-refractivity contribution < 1.29 is 4.74 Å². The van der Waals surface area contributed by atoms with Crippen LogP contribution in [0.15, 0.2) is 12.3 Å². The lowest BCUT2D eigenvalue weighted by molar-refractivity contribution is -0.151. The second-order valence-electron chi connectivity index (χ2n) is 7.88. The van der Waals surface area contributed by atoms with Crippen molar-refractivity contribution in [1.82, 2.24) is 5.32 Å². The van der Waals surface area contributed by atoms with Crippen molar-refractivity contribution in [3.8, 4) is 0 Å². The summed E-state index contributed by atoms with van der Waals surface area (Å²) in [6.45, 7) is 21.7. The summed E-state index contributed by atoms with van der Waals surface area (Å²) in [7, 11) is 0. The summed E-state index contributed by atoms with van der Waals surface area (Å²) < 4.78 is 6.33. The van der Waals surface area contributed by atoms with Crippen molar-refractivity contribution in [3.63, 3.8) is 0 Å². The summed E-state index contributed by atoms with van der Waals surface area (Å²) in [4.78, 5) is 0. The van der Waals surface area contributed by atoms with Crippen LogP contribution in [0.25, 0.3) is 0 Å². The monoisotopic (exact) mass is 239 g/mol. The quantitative estimate of drug-likeness (QED) is 0.695. The Hall–Kier alpha value is -0.500. The molecule has 2 nitrogen and oxygen atoms in total. The van der Waals surface area contributed by atoms with E-state index in [2.05, 4.69) is 67.3 Å². The van der Waals surface area contributed by atoms with Gasteiger partial charge >= 0.3 is 0 Å². The average molecular weight is 239 g/mol. The molecule has 100 valence electrons. The van der Waals surface area contributed by atoms with E-state index in [1.165, 1.54) is 0 Å². The van der Waals surface area contributed by atoms with Crippen LogP contribution in [0.3, 0.4) is 0 Å². The van der Waals surface area contributed by atoms with E-state index in [1.54, 1.807) is 0 Å². The van der Waals surface area contributed by atoms with Crippen molar-refractivity contribution >= 4 is 0 Å². The highest BCUT2D eigenvalue weighted by molar-refractivity contribution is 5.16. The number of ether oxygens (including phenoxy) is 1. The molecule has 0 spiro atoms. The Morgan fingerprint density at radius 3 is 1.88 bits per heavy atom. The van der Waals surface area contributed by atoms with E-state index in [-0.39, 0.29) is 22.5 Å². The molecule has 0 amide bonds. The molecule has 1 saturated heterocycles. The Balaban J connectivity index is 3.08. The second kappa shape index (κ2) is 4.01. The molecule has 0 aromatic carbocycles. The molecule has 2 unspecified atom stereocenters. The third-order valence-electron chi connectivity index (χ3n) is 3.57. The largest absolute Gasteiger partial charge is 0.381 e. The molecule has 2 atom stereocenters. The lowest BCUT2D eigenvalue weighted by Crippen LogP contribution is -2.62. The maximum absolute atomic E-state index is 6.33. The van der Waals surface area contributed by atoms with Gasteiger partial charge < -0.3 is 10.1 Å². The van der Waals surface area contributed by atoms with Crippen LogP contribution in [-0.4, -0.2) is 17.7 Å². The van der Waals surface area contributed by atoms with Gasteiger partial charge in [-0.05, 0) is 24.7 Å². The first kappa shape index (κ1) is 14.6. The van der Waals surface area contributed by atoms with E-state index >= 15 is 0 Å². The molecule has 1 fully saturated rings. The Morgan fingerprint density at radius 2 is 1.53 bits per heavy atom. The fourth-order valence-electron chi connectivity index (χ4n) is 2.24. The first-order chi connectivity index (χ1) is 7.36. The Labute approximate surface area is 107 Å². The van der Waals surface area contributed by atoms with Crippen LogP contribution < -0.4 is 5.32 Å². The van der Waals surface area contributed by atoms with Crippen LogP contribution in [0.5, 0.6) is 0 Å².